The molecule has 1 aliphatic heterocycles. The molecule has 0 radical (unpaired) electrons. The number of aromatic nitrogens is 2. The smallest absolute Gasteiger partial charge is 0.389 e. The molecule has 1 aromatic heterocycles. The lowest BCUT2D eigenvalue weighted by molar-refractivity contribution is -0.141. The van der Waals surface area contributed by atoms with Gasteiger partial charge in [0.25, 0.3) is 0 Å². The number of ether oxygens (including phenoxy) is 1. The lowest BCUT2D eigenvalue weighted by Gasteiger charge is -2.29. The van der Waals surface area contributed by atoms with Gasteiger partial charge >= 0.3 is 6.18 Å². The van der Waals surface area contributed by atoms with Crippen LogP contribution in [0.25, 0.3) is 0 Å². The number of hydrogen-bond donors (Lipinski definition) is 1. The topological polar surface area (TPSA) is 50.5 Å². The van der Waals surface area contributed by atoms with Crippen LogP contribution in [0.1, 0.15) is 24.9 Å². The lowest BCUT2D eigenvalue weighted by Crippen LogP contribution is -2.37. The SMILES string of the molecule is CCOC[C@@H](O)CN(C)C[C@@H]1CCc2nc(C(F)(F)F)cn2C1. The molecule has 0 bridgehead atoms. The Kier molecular flexibility index (Phi) is 6.05. The first kappa shape index (κ1) is 18.2. The Morgan fingerprint density at radius 2 is 2.26 bits per heavy atom. The number of hydrogen-bond acceptors (Lipinski definition) is 4. The van der Waals surface area contributed by atoms with Gasteiger partial charge < -0.3 is 19.3 Å². The van der Waals surface area contributed by atoms with Gasteiger partial charge in [-0.1, -0.05) is 0 Å². The van der Waals surface area contributed by atoms with Crippen LogP contribution in [0.2, 0.25) is 0 Å². The van der Waals surface area contributed by atoms with E-state index >= 15 is 0 Å². The van der Waals surface area contributed by atoms with Crippen molar-refractivity contribution in [2.45, 2.75) is 38.6 Å². The van der Waals surface area contributed by atoms with E-state index in [0.717, 1.165) is 19.2 Å². The van der Waals surface area contributed by atoms with Crippen LogP contribution in [0.15, 0.2) is 6.20 Å². The first-order valence-electron chi connectivity index (χ1n) is 7.87. The van der Waals surface area contributed by atoms with Gasteiger partial charge in [-0.2, -0.15) is 13.2 Å². The lowest BCUT2D eigenvalue weighted by atomic mass is 9.99. The fourth-order valence-corrected chi connectivity index (χ4v) is 2.98. The maximum atomic E-state index is 12.7. The van der Waals surface area contributed by atoms with Gasteiger partial charge in [0.1, 0.15) is 5.82 Å². The Labute approximate surface area is 134 Å². The molecule has 5 nitrogen and oxygen atoms in total. The minimum Gasteiger partial charge on any atom is -0.389 e. The quantitative estimate of drug-likeness (QED) is 0.825. The number of imidazole rings is 1. The van der Waals surface area contributed by atoms with E-state index in [-0.39, 0.29) is 5.92 Å². The van der Waals surface area contributed by atoms with Crippen molar-refractivity contribution in [3.05, 3.63) is 17.7 Å². The molecule has 132 valence electrons. The molecular weight excluding hydrogens is 311 g/mol. The van der Waals surface area contributed by atoms with Gasteiger partial charge in [-0.15, -0.1) is 0 Å². The van der Waals surface area contributed by atoms with Crippen LogP contribution in [0, 0.1) is 5.92 Å². The number of rotatable bonds is 7. The van der Waals surface area contributed by atoms with Crippen molar-refractivity contribution in [2.75, 3.05) is 33.4 Å². The number of aliphatic hydroxyl groups is 1. The van der Waals surface area contributed by atoms with E-state index < -0.39 is 18.0 Å². The van der Waals surface area contributed by atoms with Crippen molar-refractivity contribution in [1.82, 2.24) is 14.5 Å². The molecule has 0 aromatic carbocycles. The fraction of sp³-hybridized carbons (Fsp3) is 0.800. The molecule has 1 aliphatic rings. The molecule has 1 N–H and O–H groups in total. The largest absolute Gasteiger partial charge is 0.434 e. The van der Waals surface area contributed by atoms with Gasteiger partial charge in [-0.25, -0.2) is 4.98 Å². The summed E-state index contributed by atoms with van der Waals surface area (Å²) in [5.41, 5.74) is -0.811. The molecular formula is C15H24F3N3O2. The first-order chi connectivity index (χ1) is 10.8. The van der Waals surface area contributed by atoms with Crippen LogP contribution >= 0.6 is 0 Å². The number of likely N-dealkylation sites (N-methyl/N-ethyl adjacent to an activating group) is 1. The van der Waals surface area contributed by atoms with Crippen molar-refractivity contribution in [1.29, 1.82) is 0 Å². The summed E-state index contributed by atoms with van der Waals surface area (Å²) in [6, 6.07) is 0. The van der Waals surface area contributed by atoms with Gasteiger partial charge in [0, 0.05) is 38.9 Å². The molecule has 0 aliphatic carbocycles. The van der Waals surface area contributed by atoms with E-state index in [1.54, 1.807) is 4.57 Å². The van der Waals surface area contributed by atoms with E-state index in [0.29, 0.717) is 38.5 Å². The highest BCUT2D eigenvalue weighted by atomic mass is 19.4. The van der Waals surface area contributed by atoms with Crippen LogP contribution < -0.4 is 0 Å². The molecule has 0 saturated carbocycles. The van der Waals surface area contributed by atoms with Crippen LogP contribution in [0.4, 0.5) is 13.2 Å². The maximum Gasteiger partial charge on any atom is 0.434 e. The van der Waals surface area contributed by atoms with E-state index in [9.17, 15) is 18.3 Å². The molecule has 8 heteroatoms. The Morgan fingerprint density at radius 1 is 1.52 bits per heavy atom. The highest BCUT2D eigenvalue weighted by Crippen LogP contribution is 2.30. The molecule has 0 fully saturated rings. The number of nitrogens with zero attached hydrogens (tertiary/aromatic N) is 3. The van der Waals surface area contributed by atoms with Crippen molar-refractivity contribution >= 4 is 0 Å². The predicted octanol–water partition coefficient (Wildman–Crippen LogP) is 1.79. The zero-order valence-corrected chi connectivity index (χ0v) is 13.5. The molecule has 1 aromatic rings. The van der Waals surface area contributed by atoms with Crippen molar-refractivity contribution in [3.8, 4) is 0 Å². The summed E-state index contributed by atoms with van der Waals surface area (Å²) in [7, 11) is 1.90. The van der Waals surface area contributed by atoms with E-state index in [2.05, 4.69) is 4.98 Å². The Balaban J connectivity index is 1.86. The van der Waals surface area contributed by atoms with Gasteiger partial charge in [0.15, 0.2) is 5.69 Å². The molecule has 0 spiro atoms. The molecule has 2 rings (SSSR count). The predicted molar refractivity (Wildman–Crippen MR) is 79.0 cm³/mol. The van der Waals surface area contributed by atoms with Crippen LogP contribution in [0.3, 0.4) is 0 Å². The van der Waals surface area contributed by atoms with E-state index in [1.807, 2.05) is 18.9 Å². The molecule has 0 unspecified atom stereocenters. The second kappa shape index (κ2) is 7.63. The van der Waals surface area contributed by atoms with E-state index in [4.69, 9.17) is 4.74 Å². The Hall–Kier alpha value is -1.12. The summed E-state index contributed by atoms with van der Waals surface area (Å²) in [4.78, 5) is 5.69. The second-order valence-corrected chi connectivity index (χ2v) is 6.13. The normalized spacial score (nSPS) is 19.9. The van der Waals surface area contributed by atoms with Crippen LogP contribution in [-0.2, 0) is 23.9 Å². The zero-order chi connectivity index (χ0) is 17.0. The maximum absolute atomic E-state index is 12.7. The summed E-state index contributed by atoms with van der Waals surface area (Å²) in [5.74, 6) is 0.759. The first-order valence-corrected chi connectivity index (χ1v) is 7.87. The minimum absolute atomic E-state index is 0.252. The van der Waals surface area contributed by atoms with Gasteiger partial charge in [-0.05, 0) is 26.3 Å². The molecule has 2 atom stereocenters. The minimum atomic E-state index is -4.39. The third-order valence-electron chi connectivity index (χ3n) is 3.99. The van der Waals surface area contributed by atoms with Crippen molar-refractivity contribution in [3.63, 3.8) is 0 Å². The number of aryl methyl sites for hydroxylation is 1. The second-order valence-electron chi connectivity index (χ2n) is 6.13. The van der Waals surface area contributed by atoms with Crippen LogP contribution in [-0.4, -0.2) is 59.0 Å². The van der Waals surface area contributed by atoms with Crippen molar-refractivity contribution in [2.24, 2.45) is 5.92 Å². The number of aliphatic hydroxyl groups excluding tert-OH is 1. The number of halogens is 3. The van der Waals surface area contributed by atoms with Gasteiger partial charge in [0.2, 0.25) is 0 Å². The summed E-state index contributed by atoms with van der Waals surface area (Å²) < 4.78 is 44.9. The average Bonchev–Trinajstić information content (AvgIpc) is 2.88. The summed E-state index contributed by atoms with van der Waals surface area (Å²) >= 11 is 0. The summed E-state index contributed by atoms with van der Waals surface area (Å²) in [5, 5.41) is 9.82. The third kappa shape index (κ3) is 5.19. The summed E-state index contributed by atoms with van der Waals surface area (Å²) in [6.45, 7) is 4.48. The summed E-state index contributed by atoms with van der Waals surface area (Å²) in [6.07, 6.45) is -2.48. The average molecular weight is 335 g/mol. The standard InChI is InChI=1S/C15H24F3N3O2/c1-3-23-10-12(22)8-20(2)6-11-4-5-14-19-13(15(16,17)18)9-21(14)7-11/h9,11-12,22H,3-8,10H2,1-2H3/t11-,12-/m0/s1. The Bertz CT molecular complexity index is 505. The molecule has 2 heterocycles. The number of alkyl halides is 3. The van der Waals surface area contributed by atoms with Gasteiger partial charge in [0.05, 0.1) is 12.7 Å². The zero-order valence-electron chi connectivity index (χ0n) is 13.5. The molecule has 23 heavy (non-hydrogen) atoms. The van der Waals surface area contributed by atoms with Crippen molar-refractivity contribution < 1.29 is 23.0 Å². The van der Waals surface area contributed by atoms with Crippen LogP contribution in [0.5, 0.6) is 0 Å². The molecule has 0 amide bonds. The van der Waals surface area contributed by atoms with Gasteiger partial charge in [-0.3, -0.25) is 0 Å². The highest BCUT2D eigenvalue weighted by Gasteiger charge is 2.35. The molecule has 0 saturated heterocycles. The fourth-order valence-electron chi connectivity index (χ4n) is 2.98. The third-order valence-corrected chi connectivity index (χ3v) is 3.99. The number of fused-ring (bicyclic) bond motifs is 1. The monoisotopic (exact) mass is 335 g/mol. The Morgan fingerprint density at radius 3 is 2.91 bits per heavy atom. The van der Waals surface area contributed by atoms with E-state index in [1.165, 1.54) is 0 Å². The highest BCUT2D eigenvalue weighted by molar-refractivity contribution is 5.09.